The molecule has 9 nitrogen and oxygen atoms in total. The van der Waals surface area contributed by atoms with Gasteiger partial charge in [0.05, 0.1) is 6.33 Å². The van der Waals surface area contributed by atoms with Crippen molar-refractivity contribution in [2.24, 2.45) is 0 Å². The highest BCUT2D eigenvalue weighted by molar-refractivity contribution is 6.10. The third kappa shape index (κ3) is 2.02. The van der Waals surface area contributed by atoms with Crippen LogP contribution in [-0.2, 0) is 9.59 Å². The number of aromatic carboxylic acids is 1. The molecule has 0 aliphatic carbocycles. The first-order chi connectivity index (χ1) is 9.25. The molecule has 106 valence electrons. The summed E-state index contributed by atoms with van der Waals surface area (Å²) in [4.78, 5) is 53.5. The van der Waals surface area contributed by atoms with Crippen molar-refractivity contribution >= 4 is 23.7 Å². The molecule has 2 rings (SSSR count). The van der Waals surface area contributed by atoms with Crippen molar-refractivity contribution in [2.75, 3.05) is 6.54 Å². The summed E-state index contributed by atoms with van der Waals surface area (Å²) in [6.45, 7) is 2.57. The van der Waals surface area contributed by atoms with E-state index < -0.39 is 29.2 Å². The molecule has 1 aliphatic heterocycles. The lowest BCUT2D eigenvalue weighted by Gasteiger charge is -2.39. The van der Waals surface area contributed by atoms with Crippen LogP contribution in [0.4, 0.5) is 0 Å². The van der Waals surface area contributed by atoms with Crippen molar-refractivity contribution in [3.8, 4) is 0 Å². The normalized spacial score (nSPS) is 17.8. The predicted molar refractivity (Wildman–Crippen MR) is 63.8 cm³/mol. The zero-order chi connectivity index (χ0) is 15.1. The molecule has 1 aromatic heterocycles. The van der Waals surface area contributed by atoms with Crippen LogP contribution in [0.15, 0.2) is 6.33 Å². The minimum atomic E-state index is -1.35. The summed E-state index contributed by atoms with van der Waals surface area (Å²) >= 11 is 0. The van der Waals surface area contributed by atoms with Gasteiger partial charge in [0.2, 0.25) is 5.91 Å². The quantitative estimate of drug-likeness (QED) is 0.594. The Hall–Kier alpha value is -2.71. The van der Waals surface area contributed by atoms with Gasteiger partial charge in [-0.15, -0.1) is 0 Å². The number of carbonyl (C=O) groups excluding carboxylic acids is 3. The van der Waals surface area contributed by atoms with Gasteiger partial charge < -0.3 is 15.0 Å². The highest BCUT2D eigenvalue weighted by Gasteiger charge is 2.45. The number of imidazole rings is 1. The van der Waals surface area contributed by atoms with Crippen LogP contribution in [0.3, 0.4) is 0 Å². The summed E-state index contributed by atoms with van der Waals surface area (Å²) in [5.41, 5.74) is -2.00. The number of carboxylic acid groups (broad SMARTS) is 1. The fraction of sp³-hybridized carbons (Fsp3) is 0.364. The number of carbonyl (C=O) groups is 4. The number of aromatic nitrogens is 2. The lowest BCUT2D eigenvalue weighted by atomic mass is 9.98. The number of aromatic amines is 1. The van der Waals surface area contributed by atoms with E-state index in [0.717, 1.165) is 11.2 Å². The van der Waals surface area contributed by atoms with Crippen LogP contribution in [0.1, 0.15) is 34.8 Å². The summed E-state index contributed by atoms with van der Waals surface area (Å²) in [6.07, 6.45) is 1.07. The summed E-state index contributed by atoms with van der Waals surface area (Å²) in [6, 6.07) is 0. The van der Waals surface area contributed by atoms with Crippen LogP contribution in [0.5, 0.6) is 0 Å². The zero-order valence-electron chi connectivity index (χ0n) is 10.8. The van der Waals surface area contributed by atoms with Gasteiger partial charge in [-0.2, -0.15) is 0 Å². The average molecular weight is 280 g/mol. The van der Waals surface area contributed by atoms with E-state index in [1.807, 2.05) is 0 Å². The van der Waals surface area contributed by atoms with Crippen LogP contribution in [0.2, 0.25) is 0 Å². The number of nitrogens with zero attached hydrogens (tertiary/aromatic N) is 2. The standard InChI is InChI=1S/C11H12N4O5/c1-11(2)10(20)14-5(16)3-15(11)8(17)6-7(9(18)19)13-4-12-6/h4H,3H2,1-2H3,(H,12,13)(H,18,19)(H,14,16,20). The molecule has 20 heavy (non-hydrogen) atoms. The minimum Gasteiger partial charge on any atom is -0.477 e. The number of amides is 3. The van der Waals surface area contributed by atoms with Crippen molar-refractivity contribution < 1.29 is 24.3 Å². The molecule has 0 saturated carbocycles. The molecule has 0 spiro atoms. The number of nitrogens with one attached hydrogen (secondary N) is 2. The van der Waals surface area contributed by atoms with Crippen LogP contribution >= 0.6 is 0 Å². The topological polar surface area (TPSA) is 132 Å². The van der Waals surface area contributed by atoms with E-state index in [1.165, 1.54) is 13.8 Å². The fourth-order valence-electron chi connectivity index (χ4n) is 1.86. The third-order valence-electron chi connectivity index (χ3n) is 3.09. The second-order valence-electron chi connectivity index (χ2n) is 4.76. The van der Waals surface area contributed by atoms with E-state index in [2.05, 4.69) is 15.3 Å². The zero-order valence-corrected chi connectivity index (χ0v) is 10.8. The fourth-order valence-corrected chi connectivity index (χ4v) is 1.86. The molecule has 1 fully saturated rings. The molecule has 1 aromatic rings. The molecule has 1 aliphatic rings. The van der Waals surface area contributed by atoms with E-state index in [1.54, 1.807) is 0 Å². The van der Waals surface area contributed by atoms with Gasteiger partial charge in [-0.25, -0.2) is 9.78 Å². The van der Waals surface area contributed by atoms with Gasteiger partial charge in [0.15, 0.2) is 11.4 Å². The Bertz CT molecular complexity index is 618. The van der Waals surface area contributed by atoms with Gasteiger partial charge in [0.25, 0.3) is 11.8 Å². The van der Waals surface area contributed by atoms with Gasteiger partial charge in [-0.05, 0) is 13.8 Å². The SMILES string of the molecule is CC1(C)C(=O)NC(=O)CN1C(=O)c1nc[nH]c1C(=O)O. The van der Waals surface area contributed by atoms with E-state index >= 15 is 0 Å². The van der Waals surface area contributed by atoms with Gasteiger partial charge in [-0.1, -0.05) is 0 Å². The number of imide groups is 1. The number of hydrogen-bond donors (Lipinski definition) is 3. The van der Waals surface area contributed by atoms with Crippen LogP contribution in [-0.4, -0.2) is 55.7 Å². The summed E-state index contributed by atoms with van der Waals surface area (Å²) in [5.74, 6) is -3.40. The molecule has 0 atom stereocenters. The molecule has 1 saturated heterocycles. The molecule has 3 amide bonds. The smallest absolute Gasteiger partial charge is 0.354 e. The Labute approximate surface area is 113 Å². The highest BCUT2D eigenvalue weighted by Crippen LogP contribution is 2.21. The second-order valence-corrected chi connectivity index (χ2v) is 4.76. The molecule has 0 aromatic carbocycles. The van der Waals surface area contributed by atoms with E-state index in [-0.39, 0.29) is 17.9 Å². The van der Waals surface area contributed by atoms with Crippen molar-refractivity contribution in [1.82, 2.24) is 20.2 Å². The molecule has 9 heteroatoms. The molecule has 2 heterocycles. The van der Waals surface area contributed by atoms with E-state index in [0.29, 0.717) is 0 Å². The molecule has 0 radical (unpaired) electrons. The Morgan fingerprint density at radius 2 is 2.05 bits per heavy atom. The van der Waals surface area contributed by atoms with Crippen molar-refractivity contribution in [1.29, 1.82) is 0 Å². The molecular formula is C11H12N4O5. The van der Waals surface area contributed by atoms with Gasteiger partial charge in [-0.3, -0.25) is 19.7 Å². The number of carboxylic acids is 1. The summed E-state index contributed by atoms with van der Waals surface area (Å²) < 4.78 is 0. The first-order valence-electron chi connectivity index (χ1n) is 5.68. The maximum absolute atomic E-state index is 12.3. The second kappa shape index (κ2) is 4.44. The highest BCUT2D eigenvalue weighted by atomic mass is 16.4. The first kappa shape index (κ1) is 13.7. The monoisotopic (exact) mass is 280 g/mol. The number of piperazine rings is 1. The van der Waals surface area contributed by atoms with Crippen molar-refractivity contribution in [2.45, 2.75) is 19.4 Å². The Kier molecular flexibility index (Phi) is 3.04. The number of rotatable bonds is 2. The van der Waals surface area contributed by atoms with E-state index in [9.17, 15) is 19.2 Å². The lowest BCUT2D eigenvalue weighted by molar-refractivity contribution is -0.143. The molecule has 0 bridgehead atoms. The van der Waals surface area contributed by atoms with Gasteiger partial charge >= 0.3 is 5.97 Å². The third-order valence-corrected chi connectivity index (χ3v) is 3.09. The van der Waals surface area contributed by atoms with Gasteiger partial charge in [0, 0.05) is 0 Å². The lowest BCUT2D eigenvalue weighted by Crippen LogP contribution is -2.65. The van der Waals surface area contributed by atoms with Crippen molar-refractivity contribution in [3.05, 3.63) is 17.7 Å². The molecular weight excluding hydrogens is 268 g/mol. The molecule has 0 unspecified atom stereocenters. The van der Waals surface area contributed by atoms with Crippen molar-refractivity contribution in [3.63, 3.8) is 0 Å². The number of hydrogen-bond acceptors (Lipinski definition) is 5. The largest absolute Gasteiger partial charge is 0.477 e. The average Bonchev–Trinajstić information content (AvgIpc) is 2.82. The summed E-state index contributed by atoms with van der Waals surface area (Å²) in [7, 11) is 0. The van der Waals surface area contributed by atoms with Crippen LogP contribution < -0.4 is 5.32 Å². The maximum atomic E-state index is 12.3. The Balaban J connectivity index is 2.41. The number of H-pyrrole nitrogens is 1. The predicted octanol–water partition coefficient (Wildman–Crippen LogP) is -1.01. The maximum Gasteiger partial charge on any atom is 0.354 e. The van der Waals surface area contributed by atoms with Crippen LogP contribution in [0.25, 0.3) is 0 Å². The molecule has 3 N–H and O–H groups in total. The minimum absolute atomic E-state index is 0.340. The first-order valence-corrected chi connectivity index (χ1v) is 5.68. The Morgan fingerprint density at radius 1 is 1.40 bits per heavy atom. The summed E-state index contributed by atoms with van der Waals surface area (Å²) in [5, 5.41) is 11.1. The Morgan fingerprint density at radius 3 is 2.65 bits per heavy atom. The van der Waals surface area contributed by atoms with E-state index in [4.69, 9.17) is 5.11 Å². The van der Waals surface area contributed by atoms with Crippen LogP contribution in [0, 0.1) is 0 Å². The van der Waals surface area contributed by atoms with Gasteiger partial charge in [0.1, 0.15) is 12.1 Å².